The lowest BCUT2D eigenvalue weighted by Crippen LogP contribution is -2.47. The van der Waals surface area contributed by atoms with Gasteiger partial charge in [-0.05, 0) is 37.5 Å². The lowest BCUT2D eigenvalue weighted by Gasteiger charge is -2.37. The summed E-state index contributed by atoms with van der Waals surface area (Å²) in [7, 11) is 0. The van der Waals surface area contributed by atoms with E-state index in [-0.39, 0.29) is 12.5 Å². The van der Waals surface area contributed by atoms with Gasteiger partial charge in [0, 0.05) is 17.1 Å². The van der Waals surface area contributed by atoms with Gasteiger partial charge in [0.1, 0.15) is 0 Å². The molecule has 1 amide bonds. The van der Waals surface area contributed by atoms with Crippen LogP contribution in [0.15, 0.2) is 18.2 Å². The van der Waals surface area contributed by atoms with Gasteiger partial charge in [0.2, 0.25) is 0 Å². The van der Waals surface area contributed by atoms with E-state index >= 15 is 0 Å². The predicted octanol–water partition coefficient (Wildman–Crippen LogP) is 2.63. The van der Waals surface area contributed by atoms with Crippen molar-refractivity contribution in [2.24, 2.45) is 5.41 Å². The summed E-state index contributed by atoms with van der Waals surface area (Å²) in [6.45, 7) is 1.95. The highest BCUT2D eigenvalue weighted by Gasteiger charge is 2.44. The maximum Gasteiger partial charge on any atom is 0.311 e. The Bertz CT molecular complexity index is 523. The molecule has 1 fully saturated rings. The largest absolute Gasteiger partial charge is 0.481 e. The van der Waals surface area contributed by atoms with E-state index in [0.717, 1.165) is 6.42 Å². The minimum atomic E-state index is -0.832. The minimum Gasteiger partial charge on any atom is -0.481 e. The third-order valence-electron chi connectivity index (χ3n) is 3.86. The smallest absolute Gasteiger partial charge is 0.311 e. The van der Waals surface area contributed by atoms with Crippen LogP contribution in [-0.4, -0.2) is 23.5 Å². The predicted molar refractivity (Wildman–Crippen MR) is 72.4 cm³/mol. The second-order valence-electron chi connectivity index (χ2n) is 5.03. The number of halogens is 1. The van der Waals surface area contributed by atoms with Crippen LogP contribution in [0, 0.1) is 12.3 Å². The van der Waals surface area contributed by atoms with E-state index in [1.807, 2.05) is 0 Å². The van der Waals surface area contributed by atoms with Crippen molar-refractivity contribution >= 4 is 23.5 Å². The highest BCUT2D eigenvalue weighted by Crippen LogP contribution is 2.40. The van der Waals surface area contributed by atoms with Gasteiger partial charge in [0.05, 0.1) is 5.41 Å². The van der Waals surface area contributed by atoms with Gasteiger partial charge < -0.3 is 10.4 Å². The van der Waals surface area contributed by atoms with Crippen LogP contribution >= 0.6 is 11.6 Å². The Morgan fingerprint density at radius 1 is 1.42 bits per heavy atom. The zero-order valence-corrected chi connectivity index (χ0v) is 11.5. The van der Waals surface area contributed by atoms with Gasteiger partial charge in [-0.1, -0.05) is 24.1 Å². The van der Waals surface area contributed by atoms with Gasteiger partial charge in [0.25, 0.3) is 5.91 Å². The van der Waals surface area contributed by atoms with Crippen LogP contribution < -0.4 is 5.32 Å². The molecule has 0 aliphatic heterocycles. The lowest BCUT2D eigenvalue weighted by atomic mass is 9.69. The van der Waals surface area contributed by atoms with Gasteiger partial charge in [0.15, 0.2) is 0 Å². The number of carbonyl (C=O) groups is 2. The van der Waals surface area contributed by atoms with Crippen LogP contribution in [0.1, 0.15) is 35.2 Å². The van der Waals surface area contributed by atoms with Gasteiger partial charge in [-0.25, -0.2) is 0 Å². The fourth-order valence-corrected chi connectivity index (χ4v) is 2.44. The molecule has 4 nitrogen and oxygen atoms in total. The first-order valence-electron chi connectivity index (χ1n) is 6.23. The number of hydrogen-bond donors (Lipinski definition) is 2. The van der Waals surface area contributed by atoms with E-state index in [1.54, 1.807) is 25.1 Å². The number of carbonyl (C=O) groups excluding carboxylic acids is 1. The second-order valence-corrected chi connectivity index (χ2v) is 5.44. The van der Waals surface area contributed by atoms with E-state index in [2.05, 4.69) is 5.32 Å². The number of rotatable bonds is 4. The van der Waals surface area contributed by atoms with E-state index in [9.17, 15) is 14.7 Å². The van der Waals surface area contributed by atoms with Crippen LogP contribution in [0.3, 0.4) is 0 Å². The third kappa shape index (κ3) is 2.59. The SMILES string of the molecule is Cc1c(Cl)cccc1C(=O)NCC1(C(=O)O)CCC1. The quantitative estimate of drug-likeness (QED) is 0.891. The number of nitrogens with one attached hydrogen (secondary N) is 1. The molecule has 2 N–H and O–H groups in total. The molecule has 0 radical (unpaired) electrons. The lowest BCUT2D eigenvalue weighted by molar-refractivity contribution is -0.153. The second kappa shape index (κ2) is 5.21. The average molecular weight is 282 g/mol. The Balaban J connectivity index is 2.06. The van der Waals surface area contributed by atoms with Crippen molar-refractivity contribution in [3.05, 3.63) is 34.3 Å². The van der Waals surface area contributed by atoms with Crippen molar-refractivity contribution < 1.29 is 14.7 Å². The third-order valence-corrected chi connectivity index (χ3v) is 4.27. The van der Waals surface area contributed by atoms with Crippen molar-refractivity contribution in [1.29, 1.82) is 0 Å². The zero-order valence-electron chi connectivity index (χ0n) is 10.7. The van der Waals surface area contributed by atoms with Crippen LogP contribution in [0.4, 0.5) is 0 Å². The van der Waals surface area contributed by atoms with Crippen molar-refractivity contribution in [2.75, 3.05) is 6.54 Å². The monoisotopic (exact) mass is 281 g/mol. The molecule has 1 saturated carbocycles. The maximum atomic E-state index is 12.1. The van der Waals surface area contributed by atoms with E-state index < -0.39 is 11.4 Å². The van der Waals surface area contributed by atoms with Gasteiger partial charge in [-0.15, -0.1) is 0 Å². The summed E-state index contributed by atoms with van der Waals surface area (Å²) in [5, 5.41) is 12.4. The Kier molecular flexibility index (Phi) is 3.80. The summed E-state index contributed by atoms with van der Waals surface area (Å²) in [5.41, 5.74) is 0.425. The van der Waals surface area contributed by atoms with Crippen LogP contribution in [0.5, 0.6) is 0 Å². The van der Waals surface area contributed by atoms with Crippen LogP contribution in [-0.2, 0) is 4.79 Å². The summed E-state index contributed by atoms with van der Waals surface area (Å²) in [6, 6.07) is 5.11. The molecule has 0 heterocycles. The Morgan fingerprint density at radius 3 is 2.63 bits per heavy atom. The van der Waals surface area contributed by atoms with Gasteiger partial charge in [-0.2, -0.15) is 0 Å². The molecule has 1 aromatic carbocycles. The molecule has 102 valence electrons. The summed E-state index contributed by atoms with van der Waals surface area (Å²) in [5.74, 6) is -1.10. The van der Waals surface area contributed by atoms with Crippen molar-refractivity contribution in [3.8, 4) is 0 Å². The van der Waals surface area contributed by atoms with Gasteiger partial charge in [-0.3, -0.25) is 9.59 Å². The molecule has 0 aromatic heterocycles. The Labute approximate surface area is 116 Å². The van der Waals surface area contributed by atoms with E-state index in [1.165, 1.54) is 0 Å². The fourth-order valence-electron chi connectivity index (χ4n) is 2.27. The number of hydrogen-bond acceptors (Lipinski definition) is 2. The number of amides is 1. The standard InChI is InChI=1S/C14H16ClNO3/c1-9-10(4-2-5-11(9)15)12(17)16-8-14(13(18)19)6-3-7-14/h2,4-5H,3,6-8H2,1H3,(H,16,17)(H,18,19). The van der Waals surface area contributed by atoms with Gasteiger partial charge >= 0.3 is 5.97 Å². The molecular weight excluding hydrogens is 266 g/mol. The number of carboxylic acids is 1. The average Bonchev–Trinajstić information content (AvgIpc) is 2.30. The van der Waals surface area contributed by atoms with E-state index in [0.29, 0.717) is 29.0 Å². The van der Waals surface area contributed by atoms with Crippen molar-refractivity contribution in [1.82, 2.24) is 5.32 Å². The van der Waals surface area contributed by atoms with Crippen LogP contribution in [0.2, 0.25) is 5.02 Å². The molecule has 0 saturated heterocycles. The summed E-state index contributed by atoms with van der Waals surface area (Å²) < 4.78 is 0. The molecule has 0 unspecified atom stereocenters. The molecule has 1 aliphatic carbocycles. The fraction of sp³-hybridized carbons (Fsp3) is 0.429. The molecule has 0 atom stereocenters. The summed E-state index contributed by atoms with van der Waals surface area (Å²) in [4.78, 5) is 23.3. The molecule has 19 heavy (non-hydrogen) atoms. The highest BCUT2D eigenvalue weighted by atomic mass is 35.5. The molecular formula is C14H16ClNO3. The molecule has 2 rings (SSSR count). The highest BCUT2D eigenvalue weighted by molar-refractivity contribution is 6.31. The maximum absolute atomic E-state index is 12.1. The normalized spacial score (nSPS) is 16.5. The first-order chi connectivity index (χ1) is 8.96. The van der Waals surface area contributed by atoms with Crippen molar-refractivity contribution in [2.45, 2.75) is 26.2 Å². The van der Waals surface area contributed by atoms with Crippen molar-refractivity contribution in [3.63, 3.8) is 0 Å². The topological polar surface area (TPSA) is 66.4 Å². The Hall–Kier alpha value is -1.55. The zero-order chi connectivity index (χ0) is 14.0. The number of benzene rings is 1. The number of aliphatic carboxylic acids is 1. The molecule has 0 spiro atoms. The Morgan fingerprint density at radius 2 is 2.11 bits per heavy atom. The summed E-state index contributed by atoms with van der Waals surface area (Å²) >= 11 is 5.96. The van der Waals surface area contributed by atoms with Crippen LogP contribution in [0.25, 0.3) is 0 Å². The molecule has 0 bridgehead atoms. The molecule has 5 heteroatoms. The first-order valence-corrected chi connectivity index (χ1v) is 6.61. The molecule has 1 aliphatic rings. The first kappa shape index (κ1) is 13.9. The summed E-state index contributed by atoms with van der Waals surface area (Å²) in [6.07, 6.45) is 2.15. The van der Waals surface area contributed by atoms with E-state index in [4.69, 9.17) is 11.6 Å². The minimum absolute atomic E-state index is 0.174. The molecule has 1 aromatic rings. The number of carboxylic acid groups (broad SMARTS) is 1.